The lowest BCUT2D eigenvalue weighted by Gasteiger charge is -2.24. The highest BCUT2D eigenvalue weighted by Gasteiger charge is 2.21. The van der Waals surface area contributed by atoms with Crippen molar-refractivity contribution in [2.24, 2.45) is 17.6 Å². The normalized spacial score (nSPS) is 26.0. The van der Waals surface area contributed by atoms with Gasteiger partial charge in [0.25, 0.3) is 0 Å². The van der Waals surface area contributed by atoms with Crippen LogP contribution in [0.15, 0.2) is 0 Å². The van der Waals surface area contributed by atoms with Crippen LogP contribution in [0.5, 0.6) is 0 Å². The van der Waals surface area contributed by atoms with Gasteiger partial charge in [0.15, 0.2) is 0 Å². The Morgan fingerprint density at radius 2 is 2.00 bits per heavy atom. The monoisotopic (exact) mass is 274 g/mol. The van der Waals surface area contributed by atoms with E-state index in [0.29, 0.717) is 18.9 Å². The Bertz CT molecular complexity index is 285. The second-order valence-corrected chi connectivity index (χ2v) is 7.32. The number of carbonyl (C=O) groups excluding carboxylic acids is 1. The zero-order chi connectivity index (χ0) is 13.5. The van der Waals surface area contributed by atoms with Crippen LogP contribution in [0.2, 0.25) is 0 Å². The number of hydrogen-bond acceptors (Lipinski definition) is 3. The minimum Gasteiger partial charge on any atom is -0.353 e. The minimum atomic E-state index is -0.667. The van der Waals surface area contributed by atoms with Crippen LogP contribution in [0.3, 0.4) is 0 Å². The van der Waals surface area contributed by atoms with Gasteiger partial charge < -0.3 is 11.1 Å². The van der Waals surface area contributed by atoms with E-state index in [1.807, 2.05) is 0 Å². The van der Waals surface area contributed by atoms with Gasteiger partial charge >= 0.3 is 0 Å². The van der Waals surface area contributed by atoms with E-state index in [-0.39, 0.29) is 17.9 Å². The average Bonchev–Trinajstić information content (AvgIpc) is 2.30. The van der Waals surface area contributed by atoms with Crippen molar-refractivity contribution in [3.05, 3.63) is 0 Å². The first kappa shape index (κ1) is 15.6. The van der Waals surface area contributed by atoms with Crippen molar-refractivity contribution >= 4 is 16.7 Å². The predicted molar refractivity (Wildman–Crippen MR) is 75.7 cm³/mol. The molecule has 0 aromatic rings. The molecule has 0 aromatic carbocycles. The van der Waals surface area contributed by atoms with Gasteiger partial charge in [0.2, 0.25) is 5.91 Å². The number of rotatable bonds is 6. The number of nitrogens with two attached hydrogens (primary N) is 1. The third-order valence-corrected chi connectivity index (χ3v) is 4.75. The number of carbonyl (C=O) groups is 1. The fourth-order valence-corrected chi connectivity index (χ4v) is 3.72. The van der Waals surface area contributed by atoms with Gasteiger partial charge in [-0.1, -0.05) is 13.8 Å². The third kappa shape index (κ3) is 5.96. The van der Waals surface area contributed by atoms with Crippen LogP contribution in [0.25, 0.3) is 0 Å². The molecule has 1 heterocycles. The molecule has 1 atom stereocenters. The summed E-state index contributed by atoms with van der Waals surface area (Å²) >= 11 is 0. The topological polar surface area (TPSA) is 72.2 Å². The van der Waals surface area contributed by atoms with Gasteiger partial charge in [-0.3, -0.25) is 9.00 Å². The van der Waals surface area contributed by atoms with Gasteiger partial charge in [0.1, 0.15) is 0 Å². The van der Waals surface area contributed by atoms with Crippen LogP contribution in [0.4, 0.5) is 0 Å². The maximum Gasteiger partial charge on any atom is 0.220 e. The number of amides is 1. The van der Waals surface area contributed by atoms with E-state index in [1.54, 1.807) is 0 Å². The van der Waals surface area contributed by atoms with Gasteiger partial charge in [-0.25, -0.2) is 0 Å². The van der Waals surface area contributed by atoms with Crippen LogP contribution >= 0.6 is 0 Å². The van der Waals surface area contributed by atoms with Crippen LogP contribution in [-0.4, -0.2) is 34.2 Å². The Morgan fingerprint density at radius 3 is 2.50 bits per heavy atom. The molecule has 0 spiro atoms. The Morgan fingerprint density at radius 1 is 1.39 bits per heavy atom. The number of hydrogen-bond donors (Lipinski definition) is 2. The molecule has 0 unspecified atom stereocenters. The van der Waals surface area contributed by atoms with Gasteiger partial charge in [0, 0.05) is 34.8 Å². The summed E-state index contributed by atoms with van der Waals surface area (Å²) in [5.74, 6) is 2.39. The second kappa shape index (κ2) is 7.89. The summed E-state index contributed by atoms with van der Waals surface area (Å²) in [6.45, 7) is 4.87. The van der Waals surface area contributed by atoms with Crippen LogP contribution in [0.1, 0.15) is 39.5 Å². The minimum absolute atomic E-state index is 0.101. The van der Waals surface area contributed by atoms with Crippen LogP contribution in [-0.2, 0) is 15.6 Å². The van der Waals surface area contributed by atoms with E-state index in [9.17, 15) is 9.00 Å². The second-order valence-electron chi connectivity index (χ2n) is 5.63. The highest BCUT2D eigenvalue weighted by Crippen LogP contribution is 2.15. The lowest BCUT2D eigenvalue weighted by Crippen LogP contribution is -2.40. The Hall–Kier alpha value is -0.420. The third-order valence-electron chi connectivity index (χ3n) is 3.37. The molecule has 4 nitrogen and oxygen atoms in total. The summed E-state index contributed by atoms with van der Waals surface area (Å²) < 4.78 is 11.2. The molecule has 1 fully saturated rings. The molecule has 1 rings (SSSR count). The van der Waals surface area contributed by atoms with Crippen molar-refractivity contribution in [1.29, 1.82) is 0 Å². The summed E-state index contributed by atoms with van der Waals surface area (Å²) in [6.07, 6.45) is 3.21. The smallest absolute Gasteiger partial charge is 0.220 e. The number of nitrogens with one attached hydrogen (secondary N) is 1. The SMILES string of the molecule is CC(C)C[C@H](CN)CC(=O)NC1CCS(=O)CC1. The predicted octanol–water partition coefficient (Wildman–Crippen LogP) is 1.02. The fraction of sp³-hybridized carbons (Fsp3) is 0.923. The average molecular weight is 274 g/mol. The maximum atomic E-state index is 11.9. The Kier molecular flexibility index (Phi) is 6.86. The summed E-state index contributed by atoms with van der Waals surface area (Å²) in [4.78, 5) is 11.9. The van der Waals surface area contributed by atoms with E-state index in [1.165, 1.54) is 0 Å². The highest BCUT2D eigenvalue weighted by atomic mass is 32.2. The van der Waals surface area contributed by atoms with Crippen molar-refractivity contribution < 1.29 is 9.00 Å². The molecular formula is C13H26N2O2S. The van der Waals surface area contributed by atoms with Gasteiger partial charge in [0.05, 0.1) is 0 Å². The zero-order valence-electron chi connectivity index (χ0n) is 11.5. The first-order valence-electron chi connectivity index (χ1n) is 6.85. The molecule has 18 heavy (non-hydrogen) atoms. The molecule has 0 bridgehead atoms. The molecule has 5 heteroatoms. The molecule has 1 aliphatic rings. The molecule has 3 N–H and O–H groups in total. The Balaban J connectivity index is 2.29. The van der Waals surface area contributed by atoms with Crippen molar-refractivity contribution in [3.63, 3.8) is 0 Å². The molecular weight excluding hydrogens is 248 g/mol. The fourth-order valence-electron chi connectivity index (χ4n) is 2.42. The first-order chi connectivity index (χ1) is 8.51. The first-order valence-corrected chi connectivity index (χ1v) is 8.34. The van der Waals surface area contributed by atoms with E-state index >= 15 is 0 Å². The Labute approximate surface area is 113 Å². The maximum absolute atomic E-state index is 11.9. The van der Waals surface area contributed by atoms with E-state index in [0.717, 1.165) is 30.8 Å². The van der Waals surface area contributed by atoms with E-state index in [4.69, 9.17) is 5.73 Å². The van der Waals surface area contributed by atoms with Crippen LogP contribution < -0.4 is 11.1 Å². The quantitative estimate of drug-likeness (QED) is 0.760. The summed E-state index contributed by atoms with van der Waals surface area (Å²) in [5, 5.41) is 3.05. The summed E-state index contributed by atoms with van der Waals surface area (Å²) in [7, 11) is -0.667. The summed E-state index contributed by atoms with van der Waals surface area (Å²) in [6, 6.07) is 0.215. The van der Waals surface area contributed by atoms with Crippen LogP contribution in [0, 0.1) is 11.8 Å². The molecule has 1 amide bonds. The lowest BCUT2D eigenvalue weighted by atomic mass is 9.94. The van der Waals surface area contributed by atoms with Gasteiger partial charge in [-0.2, -0.15) is 0 Å². The van der Waals surface area contributed by atoms with Crippen molar-refractivity contribution in [3.8, 4) is 0 Å². The van der Waals surface area contributed by atoms with E-state index < -0.39 is 10.8 Å². The largest absolute Gasteiger partial charge is 0.353 e. The lowest BCUT2D eigenvalue weighted by molar-refractivity contribution is -0.122. The highest BCUT2D eigenvalue weighted by molar-refractivity contribution is 7.85. The van der Waals surface area contributed by atoms with Crippen molar-refractivity contribution in [2.75, 3.05) is 18.1 Å². The van der Waals surface area contributed by atoms with Crippen molar-refractivity contribution in [1.82, 2.24) is 5.32 Å². The molecule has 0 aromatic heterocycles. The molecule has 1 aliphatic heterocycles. The van der Waals surface area contributed by atoms with Gasteiger partial charge in [-0.15, -0.1) is 0 Å². The summed E-state index contributed by atoms with van der Waals surface area (Å²) in [5.41, 5.74) is 5.70. The van der Waals surface area contributed by atoms with Gasteiger partial charge in [-0.05, 0) is 37.6 Å². The zero-order valence-corrected chi connectivity index (χ0v) is 12.3. The van der Waals surface area contributed by atoms with E-state index in [2.05, 4.69) is 19.2 Å². The molecule has 0 saturated carbocycles. The standard InChI is InChI=1S/C13H26N2O2S/c1-10(2)7-11(9-14)8-13(16)15-12-3-5-18(17)6-4-12/h10-12H,3-9,14H2,1-2H3,(H,15,16)/t11-,12?,18?/m0/s1. The molecule has 106 valence electrons. The molecule has 1 saturated heterocycles. The molecule has 0 radical (unpaired) electrons. The molecule has 0 aliphatic carbocycles. The van der Waals surface area contributed by atoms with Crippen molar-refractivity contribution in [2.45, 2.75) is 45.6 Å².